The molecule has 1 aromatic rings. The molecule has 1 saturated heterocycles. The minimum atomic E-state index is -0.460. The van der Waals surface area contributed by atoms with Gasteiger partial charge in [-0.3, -0.25) is 19.8 Å². The van der Waals surface area contributed by atoms with Crippen LogP contribution in [0.25, 0.3) is 0 Å². The van der Waals surface area contributed by atoms with Crippen molar-refractivity contribution in [3.05, 3.63) is 34.9 Å². The molecule has 1 fully saturated rings. The van der Waals surface area contributed by atoms with Crippen LogP contribution in [0.2, 0.25) is 5.02 Å². The van der Waals surface area contributed by atoms with Gasteiger partial charge in [0.05, 0.1) is 17.1 Å². The van der Waals surface area contributed by atoms with E-state index in [4.69, 9.17) is 17.3 Å². The summed E-state index contributed by atoms with van der Waals surface area (Å²) in [6.45, 7) is 2.53. The Morgan fingerprint density at radius 2 is 2.14 bits per heavy atom. The molecule has 21 heavy (non-hydrogen) atoms. The quantitative estimate of drug-likeness (QED) is 0.878. The van der Waals surface area contributed by atoms with E-state index in [2.05, 4.69) is 5.32 Å². The number of nitrogens with two attached hydrogens (primary N) is 1. The second-order valence-corrected chi connectivity index (χ2v) is 5.74. The van der Waals surface area contributed by atoms with Gasteiger partial charge in [-0.15, -0.1) is 0 Å². The van der Waals surface area contributed by atoms with Crippen molar-refractivity contribution >= 4 is 23.4 Å². The van der Waals surface area contributed by atoms with Crippen molar-refractivity contribution in [3.8, 4) is 0 Å². The molecule has 114 valence electrons. The van der Waals surface area contributed by atoms with Crippen molar-refractivity contribution in [1.29, 1.82) is 0 Å². The summed E-state index contributed by atoms with van der Waals surface area (Å²) in [5.74, 6) is -0.332. The van der Waals surface area contributed by atoms with Gasteiger partial charge in [0.2, 0.25) is 5.91 Å². The number of nitrogens with zero attached hydrogens (tertiary/aromatic N) is 1. The van der Waals surface area contributed by atoms with Crippen LogP contribution >= 0.6 is 11.6 Å². The maximum atomic E-state index is 12.0. The standard InChI is InChI=1S/C15H20ClN3O2/c16-13-6-2-1-5-12(13)15(21)18-14(20)10-19-7-3-4-11(8-17)9-19/h1-2,5-6,11H,3-4,7-10,17H2,(H,18,20,21). The number of hydrogen-bond donors (Lipinski definition) is 2. The highest BCUT2D eigenvalue weighted by Gasteiger charge is 2.21. The van der Waals surface area contributed by atoms with Gasteiger partial charge in [0, 0.05) is 6.54 Å². The number of halogens is 1. The van der Waals surface area contributed by atoms with Crippen molar-refractivity contribution in [2.75, 3.05) is 26.2 Å². The maximum absolute atomic E-state index is 12.0. The Balaban J connectivity index is 1.87. The number of rotatable bonds is 4. The Labute approximate surface area is 129 Å². The fourth-order valence-corrected chi connectivity index (χ4v) is 2.79. The van der Waals surface area contributed by atoms with Crippen LogP contribution in [0.1, 0.15) is 23.2 Å². The third-order valence-electron chi connectivity index (χ3n) is 3.68. The summed E-state index contributed by atoms with van der Waals surface area (Å²) in [4.78, 5) is 26.0. The first kappa shape index (κ1) is 15.9. The highest BCUT2D eigenvalue weighted by atomic mass is 35.5. The van der Waals surface area contributed by atoms with Crippen LogP contribution in [-0.2, 0) is 4.79 Å². The van der Waals surface area contributed by atoms with E-state index in [0.29, 0.717) is 23.0 Å². The average molecular weight is 310 g/mol. The van der Waals surface area contributed by atoms with Crippen molar-refractivity contribution in [2.24, 2.45) is 11.7 Å². The smallest absolute Gasteiger partial charge is 0.259 e. The van der Waals surface area contributed by atoms with Crippen LogP contribution in [0.15, 0.2) is 24.3 Å². The predicted molar refractivity (Wildman–Crippen MR) is 82.1 cm³/mol. The van der Waals surface area contributed by atoms with Gasteiger partial charge in [0.1, 0.15) is 0 Å². The molecule has 1 aliphatic heterocycles. The topological polar surface area (TPSA) is 75.4 Å². The summed E-state index contributed by atoms with van der Waals surface area (Å²) >= 11 is 5.94. The van der Waals surface area contributed by atoms with E-state index in [1.165, 1.54) is 0 Å². The molecule has 1 unspecified atom stereocenters. The Morgan fingerprint density at radius 3 is 2.86 bits per heavy atom. The minimum Gasteiger partial charge on any atom is -0.330 e. The monoisotopic (exact) mass is 309 g/mol. The maximum Gasteiger partial charge on any atom is 0.259 e. The zero-order valence-electron chi connectivity index (χ0n) is 11.8. The van der Waals surface area contributed by atoms with Crippen molar-refractivity contribution in [3.63, 3.8) is 0 Å². The lowest BCUT2D eigenvalue weighted by Crippen LogP contribution is -2.45. The number of piperidine rings is 1. The molecule has 2 amide bonds. The van der Waals surface area contributed by atoms with Gasteiger partial charge in [-0.2, -0.15) is 0 Å². The number of benzene rings is 1. The first-order valence-corrected chi connectivity index (χ1v) is 7.49. The first-order chi connectivity index (χ1) is 10.1. The van der Waals surface area contributed by atoms with E-state index < -0.39 is 5.91 Å². The number of nitrogens with one attached hydrogen (secondary N) is 1. The largest absolute Gasteiger partial charge is 0.330 e. The number of carbonyl (C=O) groups is 2. The summed E-state index contributed by atoms with van der Waals surface area (Å²) in [7, 11) is 0. The fraction of sp³-hybridized carbons (Fsp3) is 0.467. The Bertz CT molecular complexity index is 521. The van der Waals surface area contributed by atoms with E-state index in [9.17, 15) is 9.59 Å². The normalized spacial score (nSPS) is 19.2. The van der Waals surface area contributed by atoms with Crippen molar-refractivity contribution in [1.82, 2.24) is 10.2 Å². The summed E-state index contributed by atoms with van der Waals surface area (Å²) in [6, 6.07) is 6.66. The Hall–Kier alpha value is -1.43. The zero-order chi connectivity index (χ0) is 15.2. The van der Waals surface area contributed by atoms with Crippen LogP contribution in [0.3, 0.4) is 0 Å². The molecule has 5 nitrogen and oxygen atoms in total. The Kier molecular flexibility index (Phi) is 5.73. The molecule has 0 aromatic heterocycles. The molecule has 6 heteroatoms. The molecule has 3 N–H and O–H groups in total. The van der Waals surface area contributed by atoms with Gasteiger partial charge >= 0.3 is 0 Å². The van der Waals surface area contributed by atoms with E-state index in [0.717, 1.165) is 25.9 Å². The predicted octanol–water partition coefficient (Wildman–Crippen LogP) is 1.27. The van der Waals surface area contributed by atoms with Crippen molar-refractivity contribution in [2.45, 2.75) is 12.8 Å². The van der Waals surface area contributed by atoms with Crippen LogP contribution in [0.4, 0.5) is 0 Å². The first-order valence-electron chi connectivity index (χ1n) is 7.11. The van der Waals surface area contributed by atoms with Crippen LogP contribution < -0.4 is 11.1 Å². The van der Waals surface area contributed by atoms with Gasteiger partial charge in [0.15, 0.2) is 0 Å². The van der Waals surface area contributed by atoms with Gasteiger partial charge in [0.25, 0.3) is 5.91 Å². The number of hydrogen-bond acceptors (Lipinski definition) is 4. The highest BCUT2D eigenvalue weighted by Crippen LogP contribution is 2.16. The lowest BCUT2D eigenvalue weighted by Gasteiger charge is -2.31. The second kappa shape index (κ2) is 7.54. The molecular weight excluding hydrogens is 290 g/mol. The second-order valence-electron chi connectivity index (χ2n) is 5.34. The lowest BCUT2D eigenvalue weighted by molar-refractivity contribution is -0.121. The van der Waals surface area contributed by atoms with E-state index in [-0.39, 0.29) is 12.5 Å². The third kappa shape index (κ3) is 4.52. The Morgan fingerprint density at radius 1 is 1.38 bits per heavy atom. The average Bonchev–Trinajstić information content (AvgIpc) is 2.47. The molecule has 1 atom stereocenters. The number of amides is 2. The summed E-state index contributed by atoms with van der Waals surface area (Å²) in [5, 5.41) is 2.72. The van der Waals surface area contributed by atoms with Crippen LogP contribution in [0.5, 0.6) is 0 Å². The molecule has 0 saturated carbocycles. The number of imide groups is 1. The van der Waals surface area contributed by atoms with Crippen LogP contribution in [-0.4, -0.2) is 42.9 Å². The number of likely N-dealkylation sites (tertiary alicyclic amines) is 1. The molecule has 0 aliphatic carbocycles. The fourth-order valence-electron chi connectivity index (χ4n) is 2.57. The summed E-state index contributed by atoms with van der Waals surface area (Å²) < 4.78 is 0. The SMILES string of the molecule is NCC1CCCN(CC(=O)NC(=O)c2ccccc2Cl)C1. The lowest BCUT2D eigenvalue weighted by atomic mass is 9.98. The third-order valence-corrected chi connectivity index (χ3v) is 4.00. The number of carbonyl (C=O) groups excluding carboxylic acids is 2. The van der Waals surface area contributed by atoms with Crippen LogP contribution in [0, 0.1) is 5.92 Å². The molecule has 2 rings (SSSR count). The molecule has 1 heterocycles. The molecular formula is C15H20ClN3O2. The van der Waals surface area contributed by atoms with Gasteiger partial charge < -0.3 is 5.73 Å². The van der Waals surface area contributed by atoms with E-state index >= 15 is 0 Å². The minimum absolute atomic E-state index is 0.215. The van der Waals surface area contributed by atoms with Gasteiger partial charge in [-0.1, -0.05) is 23.7 Å². The van der Waals surface area contributed by atoms with E-state index in [1.54, 1.807) is 24.3 Å². The molecule has 0 radical (unpaired) electrons. The zero-order valence-corrected chi connectivity index (χ0v) is 12.6. The van der Waals surface area contributed by atoms with E-state index in [1.807, 2.05) is 4.90 Å². The summed E-state index contributed by atoms with van der Waals surface area (Å²) in [6.07, 6.45) is 2.14. The molecule has 1 aromatic carbocycles. The van der Waals surface area contributed by atoms with Gasteiger partial charge in [-0.05, 0) is 44.0 Å². The van der Waals surface area contributed by atoms with Crippen molar-refractivity contribution < 1.29 is 9.59 Å². The highest BCUT2D eigenvalue weighted by molar-refractivity contribution is 6.34. The van der Waals surface area contributed by atoms with Gasteiger partial charge in [-0.25, -0.2) is 0 Å². The summed E-state index contributed by atoms with van der Waals surface area (Å²) in [5.41, 5.74) is 5.98. The molecule has 0 spiro atoms. The molecule has 0 bridgehead atoms. The molecule has 1 aliphatic rings.